The third-order valence-electron chi connectivity index (χ3n) is 2.28. The SMILES string of the molecule is NC(=O)c1ccccc1-c1ccnc(N)c1. The molecule has 0 aliphatic carbocycles. The fourth-order valence-corrected chi connectivity index (χ4v) is 1.57. The average Bonchev–Trinajstić information content (AvgIpc) is 2.29. The molecule has 4 N–H and O–H groups in total. The zero-order valence-corrected chi connectivity index (χ0v) is 8.55. The molecule has 80 valence electrons. The quantitative estimate of drug-likeness (QED) is 0.791. The Labute approximate surface area is 92.9 Å². The fraction of sp³-hybridized carbons (Fsp3) is 0. The maximum Gasteiger partial charge on any atom is 0.249 e. The summed E-state index contributed by atoms with van der Waals surface area (Å²) in [5.74, 6) is -0.0391. The number of carbonyl (C=O) groups excluding carboxylic acids is 1. The maximum absolute atomic E-state index is 11.3. The van der Waals surface area contributed by atoms with Crippen LogP contribution in [-0.4, -0.2) is 10.9 Å². The third-order valence-corrected chi connectivity index (χ3v) is 2.28. The van der Waals surface area contributed by atoms with Crippen molar-refractivity contribution in [2.45, 2.75) is 0 Å². The standard InChI is InChI=1S/C12H11N3O/c13-11-7-8(5-6-15-11)9-3-1-2-4-10(9)12(14)16/h1-7H,(H2,13,15)(H2,14,16). The second kappa shape index (κ2) is 4.02. The molecule has 1 heterocycles. The van der Waals surface area contributed by atoms with Crippen LogP contribution in [0.25, 0.3) is 11.1 Å². The molecular weight excluding hydrogens is 202 g/mol. The minimum absolute atomic E-state index is 0.414. The van der Waals surface area contributed by atoms with Crippen molar-refractivity contribution >= 4 is 11.7 Å². The summed E-state index contributed by atoms with van der Waals surface area (Å²) in [6.45, 7) is 0. The number of nitrogen functional groups attached to an aromatic ring is 1. The number of pyridine rings is 1. The minimum atomic E-state index is -0.453. The summed E-state index contributed by atoms with van der Waals surface area (Å²) in [4.78, 5) is 15.2. The summed E-state index contributed by atoms with van der Waals surface area (Å²) in [5, 5.41) is 0. The number of carbonyl (C=O) groups is 1. The zero-order chi connectivity index (χ0) is 11.5. The summed E-state index contributed by atoms with van der Waals surface area (Å²) < 4.78 is 0. The molecule has 1 aromatic heterocycles. The Hall–Kier alpha value is -2.36. The van der Waals surface area contributed by atoms with E-state index >= 15 is 0 Å². The van der Waals surface area contributed by atoms with Gasteiger partial charge >= 0.3 is 0 Å². The first-order chi connectivity index (χ1) is 7.68. The number of aromatic nitrogens is 1. The summed E-state index contributed by atoms with van der Waals surface area (Å²) in [7, 11) is 0. The number of benzene rings is 1. The van der Waals surface area contributed by atoms with Crippen molar-refractivity contribution in [2.75, 3.05) is 5.73 Å². The molecule has 0 fully saturated rings. The Morgan fingerprint density at radius 3 is 2.62 bits per heavy atom. The van der Waals surface area contributed by atoms with Crippen LogP contribution in [0.4, 0.5) is 5.82 Å². The van der Waals surface area contributed by atoms with Gasteiger partial charge in [-0.15, -0.1) is 0 Å². The van der Waals surface area contributed by atoms with Gasteiger partial charge in [-0.1, -0.05) is 18.2 Å². The molecule has 0 radical (unpaired) electrons. The number of hydrogen-bond acceptors (Lipinski definition) is 3. The highest BCUT2D eigenvalue weighted by Crippen LogP contribution is 2.23. The van der Waals surface area contributed by atoms with Crippen molar-refractivity contribution in [3.05, 3.63) is 48.2 Å². The highest BCUT2D eigenvalue weighted by molar-refractivity contribution is 5.99. The molecule has 0 aliphatic rings. The molecule has 0 atom stereocenters. The number of primary amides is 1. The third kappa shape index (κ3) is 1.86. The van der Waals surface area contributed by atoms with E-state index in [-0.39, 0.29) is 0 Å². The molecule has 4 heteroatoms. The van der Waals surface area contributed by atoms with Crippen molar-refractivity contribution in [3.63, 3.8) is 0 Å². The van der Waals surface area contributed by atoms with Crippen LogP contribution < -0.4 is 11.5 Å². The molecule has 0 saturated heterocycles. The molecule has 4 nitrogen and oxygen atoms in total. The van der Waals surface area contributed by atoms with Gasteiger partial charge in [0.25, 0.3) is 0 Å². The number of anilines is 1. The van der Waals surface area contributed by atoms with E-state index in [1.807, 2.05) is 12.1 Å². The van der Waals surface area contributed by atoms with Crippen molar-refractivity contribution < 1.29 is 4.79 Å². The second-order valence-corrected chi connectivity index (χ2v) is 3.38. The van der Waals surface area contributed by atoms with E-state index < -0.39 is 5.91 Å². The monoisotopic (exact) mass is 213 g/mol. The Bertz CT molecular complexity index is 537. The van der Waals surface area contributed by atoms with Crippen LogP contribution in [0.15, 0.2) is 42.6 Å². The predicted molar refractivity (Wildman–Crippen MR) is 62.6 cm³/mol. The molecule has 16 heavy (non-hydrogen) atoms. The molecule has 1 amide bonds. The lowest BCUT2D eigenvalue weighted by molar-refractivity contribution is 0.100. The maximum atomic E-state index is 11.3. The van der Waals surface area contributed by atoms with E-state index in [9.17, 15) is 4.79 Å². The lowest BCUT2D eigenvalue weighted by Gasteiger charge is -2.06. The van der Waals surface area contributed by atoms with Crippen LogP contribution in [0.3, 0.4) is 0 Å². The average molecular weight is 213 g/mol. The van der Waals surface area contributed by atoms with E-state index in [0.29, 0.717) is 11.4 Å². The van der Waals surface area contributed by atoms with E-state index in [1.54, 1.807) is 30.5 Å². The number of nitrogens with zero attached hydrogens (tertiary/aromatic N) is 1. The molecule has 0 spiro atoms. The Morgan fingerprint density at radius 1 is 1.19 bits per heavy atom. The van der Waals surface area contributed by atoms with Crippen LogP contribution in [0.5, 0.6) is 0 Å². The van der Waals surface area contributed by atoms with Crippen molar-refractivity contribution in [2.24, 2.45) is 5.73 Å². The Balaban J connectivity index is 2.60. The van der Waals surface area contributed by atoms with Gasteiger partial charge in [-0.25, -0.2) is 4.98 Å². The highest BCUT2D eigenvalue weighted by Gasteiger charge is 2.08. The second-order valence-electron chi connectivity index (χ2n) is 3.38. The van der Waals surface area contributed by atoms with Gasteiger partial charge in [0.05, 0.1) is 0 Å². The van der Waals surface area contributed by atoms with Crippen molar-refractivity contribution in [3.8, 4) is 11.1 Å². The lowest BCUT2D eigenvalue weighted by Crippen LogP contribution is -2.12. The molecule has 2 rings (SSSR count). The largest absolute Gasteiger partial charge is 0.384 e. The fourth-order valence-electron chi connectivity index (χ4n) is 1.57. The van der Waals surface area contributed by atoms with Gasteiger partial charge in [-0.2, -0.15) is 0 Å². The van der Waals surface area contributed by atoms with Gasteiger partial charge < -0.3 is 11.5 Å². The van der Waals surface area contributed by atoms with Gasteiger partial charge in [0.1, 0.15) is 5.82 Å². The summed E-state index contributed by atoms with van der Waals surface area (Å²) in [6.07, 6.45) is 1.60. The molecule has 0 aliphatic heterocycles. The van der Waals surface area contributed by atoms with Crippen LogP contribution in [0, 0.1) is 0 Å². The van der Waals surface area contributed by atoms with Gasteiger partial charge in [0.15, 0.2) is 0 Å². The van der Waals surface area contributed by atoms with E-state index in [0.717, 1.165) is 11.1 Å². The summed E-state index contributed by atoms with van der Waals surface area (Å²) >= 11 is 0. The van der Waals surface area contributed by atoms with E-state index in [2.05, 4.69) is 4.98 Å². The molecule has 0 saturated carbocycles. The van der Waals surface area contributed by atoms with E-state index in [4.69, 9.17) is 11.5 Å². The lowest BCUT2D eigenvalue weighted by atomic mass is 10.0. The van der Waals surface area contributed by atoms with E-state index in [1.165, 1.54) is 0 Å². The Morgan fingerprint density at radius 2 is 1.94 bits per heavy atom. The number of hydrogen-bond donors (Lipinski definition) is 2. The van der Waals surface area contributed by atoms with Crippen LogP contribution in [0.1, 0.15) is 10.4 Å². The minimum Gasteiger partial charge on any atom is -0.384 e. The van der Waals surface area contributed by atoms with Gasteiger partial charge in [-0.05, 0) is 29.3 Å². The first-order valence-corrected chi connectivity index (χ1v) is 4.79. The summed E-state index contributed by atoms with van der Waals surface area (Å²) in [5.41, 5.74) is 13.0. The summed E-state index contributed by atoms with van der Waals surface area (Å²) in [6, 6.07) is 10.6. The van der Waals surface area contributed by atoms with Gasteiger partial charge in [0.2, 0.25) is 5.91 Å². The van der Waals surface area contributed by atoms with Crippen LogP contribution >= 0.6 is 0 Å². The van der Waals surface area contributed by atoms with Crippen LogP contribution in [0.2, 0.25) is 0 Å². The van der Waals surface area contributed by atoms with Crippen molar-refractivity contribution in [1.29, 1.82) is 0 Å². The van der Waals surface area contributed by atoms with Crippen molar-refractivity contribution in [1.82, 2.24) is 4.98 Å². The topological polar surface area (TPSA) is 82.0 Å². The molecule has 0 unspecified atom stereocenters. The molecular formula is C12H11N3O. The number of nitrogens with two attached hydrogens (primary N) is 2. The molecule has 1 aromatic carbocycles. The smallest absolute Gasteiger partial charge is 0.249 e. The normalized spacial score (nSPS) is 10.0. The molecule has 2 aromatic rings. The predicted octanol–water partition coefficient (Wildman–Crippen LogP) is 1.43. The first kappa shape index (κ1) is 10.2. The number of rotatable bonds is 2. The Kier molecular flexibility index (Phi) is 2.55. The van der Waals surface area contributed by atoms with Gasteiger partial charge in [0, 0.05) is 11.8 Å². The van der Waals surface area contributed by atoms with Crippen LogP contribution in [-0.2, 0) is 0 Å². The number of amides is 1. The van der Waals surface area contributed by atoms with Gasteiger partial charge in [-0.3, -0.25) is 4.79 Å². The highest BCUT2D eigenvalue weighted by atomic mass is 16.1. The first-order valence-electron chi connectivity index (χ1n) is 4.79. The zero-order valence-electron chi connectivity index (χ0n) is 8.55. The molecule has 0 bridgehead atoms.